The normalized spacial score (nSPS) is 23.6. The molecule has 1 saturated carbocycles. The van der Waals surface area contributed by atoms with E-state index in [-0.39, 0.29) is 18.9 Å². The van der Waals surface area contributed by atoms with Crippen LogP contribution in [0.5, 0.6) is 0 Å². The van der Waals surface area contributed by atoms with Crippen molar-refractivity contribution in [1.29, 1.82) is 0 Å². The molecule has 1 aromatic carbocycles. The lowest BCUT2D eigenvalue weighted by molar-refractivity contribution is -0.149. The molecule has 5 nitrogen and oxygen atoms in total. The van der Waals surface area contributed by atoms with Gasteiger partial charge in [0.2, 0.25) is 5.92 Å². The first kappa shape index (κ1) is 22.8. The average Bonchev–Trinajstić information content (AvgIpc) is 3.15. The van der Waals surface area contributed by atoms with Crippen molar-refractivity contribution in [2.75, 3.05) is 13.1 Å². The molecule has 0 bridgehead atoms. The van der Waals surface area contributed by atoms with E-state index in [4.69, 9.17) is 0 Å². The average molecular weight is 444 g/mol. The Hall–Kier alpha value is -2.38. The third-order valence-electron chi connectivity index (χ3n) is 6.81. The van der Waals surface area contributed by atoms with Crippen LogP contribution >= 0.6 is 0 Å². The van der Waals surface area contributed by atoms with Crippen LogP contribution in [-0.2, 0) is 16.9 Å². The Morgan fingerprint density at radius 3 is 2.50 bits per heavy atom. The van der Waals surface area contributed by atoms with Crippen molar-refractivity contribution in [3.63, 3.8) is 0 Å². The number of piperidine rings is 1. The van der Waals surface area contributed by atoms with Gasteiger partial charge in [-0.3, -0.25) is 14.7 Å². The lowest BCUT2D eigenvalue weighted by Crippen LogP contribution is -2.54. The molecule has 1 aliphatic heterocycles. The van der Waals surface area contributed by atoms with E-state index in [2.05, 4.69) is 15.2 Å². The summed E-state index contributed by atoms with van der Waals surface area (Å²) in [5.74, 6) is -4.22. The Labute approximate surface area is 187 Å². The number of halogens is 2. The third-order valence-corrected chi connectivity index (χ3v) is 6.81. The summed E-state index contributed by atoms with van der Waals surface area (Å²) in [5.41, 5.74) is 0.433. The molecule has 1 saturated heterocycles. The van der Waals surface area contributed by atoms with Crippen molar-refractivity contribution in [2.45, 2.75) is 63.1 Å². The first-order valence-electron chi connectivity index (χ1n) is 11.4. The maximum atomic E-state index is 14.0. The van der Waals surface area contributed by atoms with E-state index >= 15 is 0 Å². The molecule has 0 spiro atoms. The zero-order valence-electron chi connectivity index (χ0n) is 18.4. The van der Waals surface area contributed by atoms with Crippen LogP contribution < -0.4 is 5.32 Å². The molecule has 2 heterocycles. The number of hydrogen-bond donors (Lipinski definition) is 2. The van der Waals surface area contributed by atoms with Gasteiger partial charge >= 0.3 is 0 Å². The van der Waals surface area contributed by atoms with Crippen molar-refractivity contribution >= 4 is 5.91 Å². The first-order chi connectivity index (χ1) is 15.3. The largest absolute Gasteiger partial charge is 0.375 e. The lowest BCUT2D eigenvalue weighted by Gasteiger charge is -2.37. The molecule has 0 unspecified atom stereocenters. The Morgan fingerprint density at radius 2 is 1.88 bits per heavy atom. The van der Waals surface area contributed by atoms with E-state index in [1.807, 2.05) is 25.1 Å². The molecule has 1 aliphatic carbocycles. The molecular formula is C25H31F2N3O2. The molecule has 2 fully saturated rings. The number of aryl methyl sites for hydroxylation is 1. The number of carbonyl (C=O) groups excluding carboxylic acids is 1. The van der Waals surface area contributed by atoms with Crippen LogP contribution in [0.15, 0.2) is 48.5 Å². The third kappa shape index (κ3) is 4.99. The monoisotopic (exact) mass is 443 g/mol. The van der Waals surface area contributed by atoms with E-state index in [1.54, 1.807) is 30.3 Å². The van der Waals surface area contributed by atoms with Gasteiger partial charge in [-0.1, -0.05) is 36.4 Å². The zero-order valence-corrected chi connectivity index (χ0v) is 18.4. The highest BCUT2D eigenvalue weighted by molar-refractivity contribution is 5.87. The highest BCUT2D eigenvalue weighted by Crippen LogP contribution is 2.47. The summed E-state index contributed by atoms with van der Waals surface area (Å²) >= 11 is 0. The second kappa shape index (κ2) is 9.24. The van der Waals surface area contributed by atoms with Crippen molar-refractivity contribution in [3.8, 4) is 0 Å². The number of benzene rings is 1. The first-order valence-corrected chi connectivity index (χ1v) is 11.4. The smallest absolute Gasteiger partial charge is 0.257 e. The SMILES string of the molecule is Cc1cccc(CN2CCC(NC(=O)[C@](O)(c3ccccc3)[C@H]3CCC(F)(F)C3)CC2)n1. The maximum absolute atomic E-state index is 14.0. The molecule has 172 valence electrons. The van der Waals surface area contributed by atoms with E-state index in [1.165, 1.54) is 0 Å². The fourth-order valence-electron chi connectivity index (χ4n) is 5.00. The molecule has 2 atom stereocenters. The Balaban J connectivity index is 1.41. The molecule has 1 aromatic heterocycles. The van der Waals surface area contributed by atoms with Gasteiger partial charge in [-0.25, -0.2) is 8.78 Å². The van der Waals surface area contributed by atoms with Crippen LogP contribution in [0.3, 0.4) is 0 Å². The molecule has 4 rings (SSSR count). The van der Waals surface area contributed by atoms with Crippen molar-refractivity contribution in [3.05, 3.63) is 65.5 Å². The van der Waals surface area contributed by atoms with Gasteiger partial charge < -0.3 is 10.4 Å². The molecule has 1 amide bonds. The number of pyridine rings is 1. The molecule has 2 aromatic rings. The fraction of sp³-hybridized carbons (Fsp3) is 0.520. The summed E-state index contributed by atoms with van der Waals surface area (Å²) in [6.45, 7) is 4.32. The van der Waals surface area contributed by atoms with Crippen LogP contribution in [0.1, 0.15) is 49.1 Å². The van der Waals surface area contributed by atoms with Gasteiger partial charge in [-0.05, 0) is 43.9 Å². The summed E-state index contributed by atoms with van der Waals surface area (Å²) in [4.78, 5) is 20.2. The van der Waals surface area contributed by atoms with Crippen LogP contribution in [0.2, 0.25) is 0 Å². The van der Waals surface area contributed by atoms with Gasteiger partial charge in [0.25, 0.3) is 5.91 Å². The summed E-state index contributed by atoms with van der Waals surface area (Å²) in [7, 11) is 0. The van der Waals surface area contributed by atoms with Crippen LogP contribution in [0.25, 0.3) is 0 Å². The van der Waals surface area contributed by atoms with E-state index in [9.17, 15) is 18.7 Å². The molecule has 0 radical (unpaired) electrons. The number of rotatable bonds is 6. The predicted molar refractivity (Wildman–Crippen MR) is 118 cm³/mol. The van der Waals surface area contributed by atoms with Crippen LogP contribution in [0.4, 0.5) is 8.78 Å². The van der Waals surface area contributed by atoms with Gasteiger partial charge in [-0.15, -0.1) is 0 Å². The molecule has 2 aliphatic rings. The van der Waals surface area contributed by atoms with Crippen LogP contribution in [0, 0.1) is 12.8 Å². The van der Waals surface area contributed by atoms with E-state index in [0.717, 1.165) is 43.9 Å². The van der Waals surface area contributed by atoms with Gasteiger partial charge in [0.1, 0.15) is 0 Å². The van der Waals surface area contributed by atoms with Crippen LogP contribution in [-0.4, -0.2) is 46.0 Å². The number of alkyl halides is 2. The molecule has 32 heavy (non-hydrogen) atoms. The van der Waals surface area contributed by atoms with E-state index in [0.29, 0.717) is 5.56 Å². The minimum absolute atomic E-state index is 0.0960. The number of carbonyl (C=O) groups is 1. The van der Waals surface area contributed by atoms with Crippen molar-refractivity contribution in [1.82, 2.24) is 15.2 Å². The lowest BCUT2D eigenvalue weighted by atomic mass is 9.79. The minimum atomic E-state index is -2.84. The summed E-state index contributed by atoms with van der Waals surface area (Å²) in [6.07, 6.45) is 0.819. The molecular weight excluding hydrogens is 412 g/mol. The number of aliphatic hydroxyl groups is 1. The number of aromatic nitrogens is 1. The van der Waals surface area contributed by atoms with Crippen molar-refractivity contribution < 1.29 is 18.7 Å². The highest BCUT2D eigenvalue weighted by atomic mass is 19.3. The molecule has 7 heteroatoms. The quantitative estimate of drug-likeness (QED) is 0.713. The van der Waals surface area contributed by atoms with Gasteiger partial charge in [0, 0.05) is 50.1 Å². The zero-order chi connectivity index (χ0) is 22.8. The summed E-state index contributed by atoms with van der Waals surface area (Å²) < 4.78 is 27.9. The predicted octanol–water partition coefficient (Wildman–Crippen LogP) is 3.79. The summed E-state index contributed by atoms with van der Waals surface area (Å²) in [6, 6.07) is 14.4. The number of hydrogen-bond acceptors (Lipinski definition) is 4. The Kier molecular flexibility index (Phi) is 6.58. The fourth-order valence-corrected chi connectivity index (χ4v) is 5.00. The number of amides is 1. The maximum Gasteiger partial charge on any atom is 0.257 e. The number of likely N-dealkylation sites (tertiary alicyclic amines) is 1. The Bertz CT molecular complexity index is 932. The number of nitrogens with zero attached hydrogens (tertiary/aromatic N) is 2. The highest BCUT2D eigenvalue weighted by Gasteiger charge is 2.53. The minimum Gasteiger partial charge on any atom is -0.375 e. The van der Waals surface area contributed by atoms with Crippen molar-refractivity contribution in [2.24, 2.45) is 5.92 Å². The van der Waals surface area contributed by atoms with Gasteiger partial charge in [-0.2, -0.15) is 0 Å². The van der Waals surface area contributed by atoms with Gasteiger partial charge in [0.05, 0.1) is 5.69 Å². The van der Waals surface area contributed by atoms with Gasteiger partial charge in [0.15, 0.2) is 5.60 Å². The number of nitrogens with one attached hydrogen (secondary N) is 1. The second-order valence-electron chi connectivity index (χ2n) is 9.22. The standard InChI is InChI=1S/C25H31F2N3O2/c1-18-6-5-9-22(28-18)17-30-14-11-21(12-15-30)29-23(31)25(32,19-7-3-2-4-8-19)20-10-13-24(26,27)16-20/h2-9,20-21,32H,10-17H2,1H3,(H,29,31)/t20-,25-/m0/s1. The topological polar surface area (TPSA) is 65.5 Å². The summed E-state index contributed by atoms with van der Waals surface area (Å²) in [5, 5.41) is 14.5. The Morgan fingerprint density at radius 1 is 1.16 bits per heavy atom. The van der Waals surface area contributed by atoms with E-state index < -0.39 is 29.8 Å². The molecule has 2 N–H and O–H groups in total. The second-order valence-corrected chi connectivity index (χ2v) is 9.22.